The molecule has 1 unspecified atom stereocenters. The van der Waals surface area contributed by atoms with Crippen molar-refractivity contribution in [2.45, 2.75) is 13.0 Å². The van der Waals surface area contributed by atoms with Gasteiger partial charge >= 0.3 is 0 Å². The molecule has 4 aromatic carbocycles. The van der Waals surface area contributed by atoms with E-state index in [0.717, 1.165) is 22.7 Å². The molecule has 2 nitrogen and oxygen atoms in total. The number of fused-ring (bicyclic) bond motifs is 1. The van der Waals surface area contributed by atoms with Crippen molar-refractivity contribution >= 4 is 22.3 Å². The molecule has 1 aliphatic heterocycles. The first kappa shape index (κ1) is 19.1. The third-order valence-electron chi connectivity index (χ3n) is 5.66. The normalized spacial score (nSPS) is 16.4. The molecule has 0 bridgehead atoms. The number of amidine groups is 1. The van der Waals surface area contributed by atoms with Crippen molar-refractivity contribution in [2.75, 3.05) is 0 Å². The van der Waals surface area contributed by atoms with Crippen LogP contribution in [0, 0.1) is 0 Å². The second kappa shape index (κ2) is 8.45. The van der Waals surface area contributed by atoms with Crippen LogP contribution in [-0.2, 0) is 0 Å². The van der Waals surface area contributed by atoms with E-state index in [9.17, 15) is 0 Å². The summed E-state index contributed by atoms with van der Waals surface area (Å²) in [7, 11) is 0. The summed E-state index contributed by atoms with van der Waals surface area (Å²) in [4.78, 5) is 5.24. The van der Waals surface area contributed by atoms with Gasteiger partial charge in [0.05, 0.1) is 5.70 Å². The minimum atomic E-state index is -0.103. The molecule has 0 spiro atoms. The summed E-state index contributed by atoms with van der Waals surface area (Å²) in [5.74, 6) is 0.894. The highest BCUT2D eigenvalue weighted by Gasteiger charge is 2.26. The van der Waals surface area contributed by atoms with E-state index in [4.69, 9.17) is 4.99 Å². The number of allylic oxidation sites excluding steroid dienone is 1. The quantitative estimate of drug-likeness (QED) is 0.395. The van der Waals surface area contributed by atoms with Gasteiger partial charge in [0.25, 0.3) is 0 Å². The molecule has 4 aromatic rings. The molecule has 0 amide bonds. The molecular formula is C29H24N2. The molecule has 0 saturated heterocycles. The first-order valence-electron chi connectivity index (χ1n) is 10.7. The average Bonchev–Trinajstić information content (AvgIpc) is 2.85. The maximum Gasteiger partial charge on any atom is 0.133 e. The lowest BCUT2D eigenvalue weighted by Gasteiger charge is -2.28. The molecule has 1 atom stereocenters. The molecule has 2 heteroatoms. The fourth-order valence-corrected chi connectivity index (χ4v) is 4.22. The van der Waals surface area contributed by atoms with Crippen LogP contribution in [0.3, 0.4) is 0 Å². The van der Waals surface area contributed by atoms with Crippen LogP contribution in [0.15, 0.2) is 126 Å². The monoisotopic (exact) mass is 400 g/mol. The van der Waals surface area contributed by atoms with Gasteiger partial charge in [-0.1, -0.05) is 115 Å². The van der Waals surface area contributed by atoms with Gasteiger partial charge in [-0.15, -0.1) is 0 Å². The van der Waals surface area contributed by atoms with Crippen LogP contribution in [0.1, 0.15) is 29.7 Å². The Kier molecular flexibility index (Phi) is 5.20. The maximum absolute atomic E-state index is 5.24. The number of hydrogen-bond acceptors (Lipinski definition) is 2. The lowest BCUT2D eigenvalue weighted by molar-refractivity contribution is 0.849. The average molecular weight is 401 g/mol. The molecule has 0 saturated carbocycles. The maximum atomic E-state index is 5.24. The van der Waals surface area contributed by atoms with Crippen LogP contribution in [0.25, 0.3) is 16.5 Å². The number of rotatable bonds is 4. The summed E-state index contributed by atoms with van der Waals surface area (Å²) in [6.45, 7) is 2.06. The van der Waals surface area contributed by atoms with E-state index in [0.29, 0.717) is 0 Å². The molecule has 1 aliphatic rings. The van der Waals surface area contributed by atoms with Gasteiger partial charge in [0, 0.05) is 11.1 Å². The molecule has 0 aromatic heterocycles. The third-order valence-corrected chi connectivity index (χ3v) is 5.66. The Morgan fingerprint density at radius 2 is 1.35 bits per heavy atom. The zero-order chi connectivity index (χ0) is 21.0. The summed E-state index contributed by atoms with van der Waals surface area (Å²) >= 11 is 0. The van der Waals surface area contributed by atoms with Crippen LogP contribution in [0.5, 0.6) is 0 Å². The van der Waals surface area contributed by atoms with Crippen molar-refractivity contribution in [3.63, 3.8) is 0 Å². The smallest absolute Gasteiger partial charge is 0.133 e. The number of nitrogens with one attached hydrogen (secondary N) is 1. The van der Waals surface area contributed by atoms with E-state index in [-0.39, 0.29) is 6.04 Å². The lowest BCUT2D eigenvalue weighted by Crippen LogP contribution is -2.30. The van der Waals surface area contributed by atoms with E-state index in [1.54, 1.807) is 0 Å². The van der Waals surface area contributed by atoms with E-state index in [1.165, 1.54) is 21.9 Å². The van der Waals surface area contributed by atoms with Crippen LogP contribution in [0.4, 0.5) is 0 Å². The largest absolute Gasteiger partial charge is 0.339 e. The van der Waals surface area contributed by atoms with Gasteiger partial charge in [-0.05, 0) is 28.8 Å². The summed E-state index contributed by atoms with van der Waals surface area (Å²) in [5, 5.41) is 6.12. The Hall–Kier alpha value is -3.91. The van der Waals surface area contributed by atoms with E-state index < -0.39 is 0 Å². The highest BCUT2D eigenvalue weighted by Crippen LogP contribution is 2.38. The van der Waals surface area contributed by atoms with Crippen molar-refractivity contribution in [3.05, 3.63) is 138 Å². The van der Waals surface area contributed by atoms with E-state index in [1.807, 2.05) is 6.07 Å². The van der Waals surface area contributed by atoms with Crippen molar-refractivity contribution in [1.82, 2.24) is 5.32 Å². The third kappa shape index (κ3) is 3.69. The first-order chi connectivity index (χ1) is 15.3. The van der Waals surface area contributed by atoms with Crippen LogP contribution in [0.2, 0.25) is 0 Å². The molecule has 5 rings (SSSR count). The Morgan fingerprint density at radius 1 is 0.710 bits per heavy atom. The van der Waals surface area contributed by atoms with Gasteiger partial charge in [-0.2, -0.15) is 0 Å². The second-order valence-electron chi connectivity index (χ2n) is 7.64. The minimum absolute atomic E-state index is 0.103. The van der Waals surface area contributed by atoms with Crippen LogP contribution in [-0.4, -0.2) is 5.84 Å². The summed E-state index contributed by atoms with van der Waals surface area (Å²) in [6, 6.07) is 35.8. The Balaban J connectivity index is 1.77. The SMILES string of the molecule is C/C=C\C1=C(c2ccccc2)NC(c2ccccc2)=NC1c1cccc2ccccc12. The fraction of sp³-hybridized carbons (Fsp3) is 0.0690. The highest BCUT2D eigenvalue weighted by atomic mass is 15.1. The van der Waals surface area contributed by atoms with E-state index in [2.05, 4.69) is 121 Å². The van der Waals surface area contributed by atoms with Crippen molar-refractivity contribution in [1.29, 1.82) is 0 Å². The fourth-order valence-electron chi connectivity index (χ4n) is 4.22. The van der Waals surface area contributed by atoms with Crippen LogP contribution < -0.4 is 5.32 Å². The molecule has 31 heavy (non-hydrogen) atoms. The predicted molar refractivity (Wildman–Crippen MR) is 131 cm³/mol. The molecule has 0 fully saturated rings. The van der Waals surface area contributed by atoms with E-state index >= 15 is 0 Å². The number of hydrogen-bond donors (Lipinski definition) is 1. The number of aliphatic imine (C=N–C) groups is 1. The first-order valence-corrected chi connectivity index (χ1v) is 10.7. The molecule has 150 valence electrons. The Labute approximate surface area is 183 Å². The molecule has 1 N–H and O–H groups in total. The molecular weight excluding hydrogens is 376 g/mol. The zero-order valence-corrected chi connectivity index (χ0v) is 17.5. The van der Waals surface area contributed by atoms with Gasteiger partial charge in [0.2, 0.25) is 0 Å². The number of nitrogens with zero attached hydrogens (tertiary/aromatic N) is 1. The summed E-state index contributed by atoms with van der Waals surface area (Å²) < 4.78 is 0. The minimum Gasteiger partial charge on any atom is -0.339 e. The molecule has 1 heterocycles. The Morgan fingerprint density at radius 3 is 2.10 bits per heavy atom. The predicted octanol–water partition coefficient (Wildman–Crippen LogP) is 6.92. The van der Waals surface area contributed by atoms with Gasteiger partial charge < -0.3 is 5.32 Å². The van der Waals surface area contributed by atoms with Crippen molar-refractivity contribution in [2.24, 2.45) is 4.99 Å². The molecule has 0 radical (unpaired) electrons. The van der Waals surface area contributed by atoms with Gasteiger partial charge in [0.15, 0.2) is 0 Å². The molecule has 0 aliphatic carbocycles. The van der Waals surface area contributed by atoms with Crippen molar-refractivity contribution < 1.29 is 0 Å². The summed E-state index contributed by atoms with van der Waals surface area (Å²) in [6.07, 6.45) is 4.29. The topological polar surface area (TPSA) is 24.4 Å². The van der Waals surface area contributed by atoms with Gasteiger partial charge in [0.1, 0.15) is 11.9 Å². The Bertz CT molecular complexity index is 1290. The number of benzene rings is 4. The summed E-state index contributed by atoms with van der Waals surface area (Å²) in [5.41, 5.74) is 5.73. The lowest BCUT2D eigenvalue weighted by atomic mass is 9.89. The standard InChI is InChI=1S/C29H24N2/c1-2-12-26-27(22-14-5-3-6-15-22)30-29(23-16-7-4-8-17-23)31-28(26)25-20-11-18-21-13-9-10-19-24(21)25/h2-20,28H,1H3,(H,30,31)/b12-2-. The van der Waals surface area contributed by atoms with Gasteiger partial charge in [-0.25, -0.2) is 0 Å². The van der Waals surface area contributed by atoms with Gasteiger partial charge in [-0.3, -0.25) is 4.99 Å². The van der Waals surface area contributed by atoms with Crippen molar-refractivity contribution in [3.8, 4) is 0 Å². The zero-order valence-electron chi connectivity index (χ0n) is 17.5. The highest BCUT2D eigenvalue weighted by molar-refractivity contribution is 6.06. The van der Waals surface area contributed by atoms with Crippen LogP contribution >= 0.6 is 0 Å². The second-order valence-corrected chi connectivity index (χ2v) is 7.64.